The van der Waals surface area contributed by atoms with Crippen molar-refractivity contribution in [3.63, 3.8) is 0 Å². The summed E-state index contributed by atoms with van der Waals surface area (Å²) in [6.45, 7) is 3.81. The number of carbonyl (C=O) groups excluding carboxylic acids is 2. The summed E-state index contributed by atoms with van der Waals surface area (Å²) in [5.41, 5.74) is 0. The maximum absolute atomic E-state index is 11.4. The van der Waals surface area contributed by atoms with E-state index in [4.69, 9.17) is 4.74 Å². The molecule has 1 rings (SSSR count). The van der Waals surface area contributed by atoms with Gasteiger partial charge in [0.25, 0.3) is 0 Å². The van der Waals surface area contributed by atoms with Crippen molar-refractivity contribution in [2.45, 2.75) is 52.1 Å². The number of carbonyl (C=O) groups is 2. The number of rotatable bonds is 3. The van der Waals surface area contributed by atoms with Crippen LogP contribution < -0.4 is 0 Å². The highest BCUT2D eigenvalue weighted by molar-refractivity contribution is 5.80. The summed E-state index contributed by atoms with van der Waals surface area (Å²) in [5, 5.41) is 0. The second-order valence-electron chi connectivity index (χ2n) is 4.00. The second-order valence-corrected chi connectivity index (χ2v) is 4.00. The molecular formula is C11H18O3. The van der Waals surface area contributed by atoms with E-state index in [-0.39, 0.29) is 23.8 Å². The molecule has 2 unspecified atom stereocenters. The van der Waals surface area contributed by atoms with Gasteiger partial charge in [0.05, 0.1) is 5.92 Å². The van der Waals surface area contributed by atoms with Gasteiger partial charge in [-0.3, -0.25) is 9.59 Å². The van der Waals surface area contributed by atoms with Gasteiger partial charge in [0, 0.05) is 12.8 Å². The van der Waals surface area contributed by atoms with Crippen molar-refractivity contribution >= 4 is 11.8 Å². The Kier molecular flexibility index (Phi) is 4.11. The zero-order valence-electron chi connectivity index (χ0n) is 8.91. The topological polar surface area (TPSA) is 43.4 Å². The largest absolute Gasteiger partial charge is 0.462 e. The van der Waals surface area contributed by atoms with Crippen LogP contribution in [0.5, 0.6) is 0 Å². The molecule has 0 N–H and O–H groups in total. The highest BCUT2D eigenvalue weighted by Gasteiger charge is 2.24. The van der Waals surface area contributed by atoms with E-state index in [9.17, 15) is 9.59 Å². The number of ether oxygens (including phenoxy) is 1. The molecular weight excluding hydrogens is 180 g/mol. The smallest absolute Gasteiger partial charge is 0.308 e. The molecule has 0 saturated heterocycles. The molecule has 1 saturated carbocycles. The molecule has 2 atom stereocenters. The molecule has 0 aliphatic heterocycles. The Hall–Kier alpha value is -0.860. The Morgan fingerprint density at radius 1 is 1.64 bits per heavy atom. The molecule has 14 heavy (non-hydrogen) atoms. The Labute approximate surface area is 84.8 Å². The lowest BCUT2D eigenvalue weighted by Gasteiger charge is -2.22. The van der Waals surface area contributed by atoms with Crippen LogP contribution in [-0.4, -0.2) is 17.9 Å². The Morgan fingerprint density at radius 2 is 2.36 bits per heavy atom. The molecule has 0 aromatic carbocycles. The monoisotopic (exact) mass is 198 g/mol. The average molecular weight is 198 g/mol. The number of ketones is 1. The van der Waals surface area contributed by atoms with E-state index in [1.54, 1.807) is 0 Å². The highest BCUT2D eigenvalue weighted by Crippen LogP contribution is 2.19. The Bertz CT molecular complexity index is 223. The Morgan fingerprint density at radius 3 is 2.93 bits per heavy atom. The molecule has 0 heterocycles. The maximum Gasteiger partial charge on any atom is 0.308 e. The zero-order valence-corrected chi connectivity index (χ0v) is 8.91. The second kappa shape index (κ2) is 5.13. The van der Waals surface area contributed by atoms with E-state index in [0.29, 0.717) is 12.8 Å². The van der Waals surface area contributed by atoms with Gasteiger partial charge in [-0.25, -0.2) is 0 Å². The molecule has 3 heteroatoms. The SMILES string of the molecule is CCC(C)C(=O)OC1CCCC(=O)C1. The predicted molar refractivity (Wildman–Crippen MR) is 52.8 cm³/mol. The van der Waals surface area contributed by atoms with Crippen LogP contribution in [0.3, 0.4) is 0 Å². The fourth-order valence-electron chi connectivity index (χ4n) is 1.53. The molecule has 0 bridgehead atoms. The highest BCUT2D eigenvalue weighted by atomic mass is 16.5. The summed E-state index contributed by atoms with van der Waals surface area (Å²) in [4.78, 5) is 22.5. The van der Waals surface area contributed by atoms with Crippen molar-refractivity contribution in [3.05, 3.63) is 0 Å². The van der Waals surface area contributed by atoms with Crippen LogP contribution in [0, 0.1) is 5.92 Å². The lowest BCUT2D eigenvalue weighted by molar-refractivity contribution is -0.155. The summed E-state index contributed by atoms with van der Waals surface area (Å²) in [6, 6.07) is 0. The first-order chi connectivity index (χ1) is 6.63. The number of esters is 1. The minimum absolute atomic E-state index is 0.0490. The van der Waals surface area contributed by atoms with Gasteiger partial charge in [0.2, 0.25) is 0 Å². The third kappa shape index (κ3) is 3.13. The van der Waals surface area contributed by atoms with Crippen molar-refractivity contribution in [3.8, 4) is 0 Å². The van der Waals surface area contributed by atoms with E-state index >= 15 is 0 Å². The van der Waals surface area contributed by atoms with Gasteiger partial charge >= 0.3 is 5.97 Å². The first-order valence-electron chi connectivity index (χ1n) is 5.35. The summed E-state index contributed by atoms with van der Waals surface area (Å²) in [7, 11) is 0. The molecule has 0 spiro atoms. The van der Waals surface area contributed by atoms with Crippen molar-refractivity contribution in [2.24, 2.45) is 5.92 Å². The fraction of sp³-hybridized carbons (Fsp3) is 0.818. The maximum atomic E-state index is 11.4. The van der Waals surface area contributed by atoms with E-state index in [1.807, 2.05) is 13.8 Å². The molecule has 1 aliphatic rings. The molecule has 1 fully saturated rings. The van der Waals surface area contributed by atoms with Crippen LogP contribution in [0.2, 0.25) is 0 Å². The van der Waals surface area contributed by atoms with Crippen LogP contribution in [-0.2, 0) is 14.3 Å². The molecule has 0 aromatic rings. The van der Waals surface area contributed by atoms with Crippen molar-refractivity contribution < 1.29 is 14.3 Å². The first kappa shape index (κ1) is 11.2. The number of hydrogen-bond donors (Lipinski definition) is 0. The molecule has 0 radical (unpaired) electrons. The molecule has 1 aliphatic carbocycles. The van der Waals surface area contributed by atoms with Gasteiger partial charge in [-0.15, -0.1) is 0 Å². The minimum atomic E-state index is -0.160. The van der Waals surface area contributed by atoms with Crippen molar-refractivity contribution in [1.82, 2.24) is 0 Å². The normalized spacial score (nSPS) is 24.4. The summed E-state index contributed by atoms with van der Waals surface area (Å²) in [5.74, 6) is 0.0115. The zero-order chi connectivity index (χ0) is 10.6. The lowest BCUT2D eigenvalue weighted by Crippen LogP contribution is -2.27. The fourth-order valence-corrected chi connectivity index (χ4v) is 1.53. The van der Waals surface area contributed by atoms with Crippen LogP contribution in [0.15, 0.2) is 0 Å². The first-order valence-corrected chi connectivity index (χ1v) is 5.35. The van der Waals surface area contributed by atoms with Gasteiger partial charge < -0.3 is 4.74 Å². The van der Waals surface area contributed by atoms with E-state index in [1.165, 1.54) is 0 Å². The molecule has 0 aromatic heterocycles. The van der Waals surface area contributed by atoms with Gasteiger partial charge in [0.15, 0.2) is 0 Å². The third-order valence-electron chi connectivity index (χ3n) is 2.73. The van der Waals surface area contributed by atoms with E-state index in [2.05, 4.69) is 0 Å². The lowest BCUT2D eigenvalue weighted by atomic mass is 9.96. The van der Waals surface area contributed by atoms with Crippen molar-refractivity contribution in [1.29, 1.82) is 0 Å². The van der Waals surface area contributed by atoms with Crippen molar-refractivity contribution in [2.75, 3.05) is 0 Å². The van der Waals surface area contributed by atoms with Gasteiger partial charge in [-0.2, -0.15) is 0 Å². The standard InChI is InChI=1S/C11H18O3/c1-3-8(2)11(13)14-10-6-4-5-9(12)7-10/h8,10H,3-7H2,1-2H3. The van der Waals surface area contributed by atoms with Crippen LogP contribution in [0.1, 0.15) is 46.0 Å². The Balaban J connectivity index is 2.36. The predicted octanol–water partition coefficient (Wildman–Crippen LogP) is 2.09. The van der Waals surface area contributed by atoms with Gasteiger partial charge in [-0.05, 0) is 19.3 Å². The molecule has 3 nitrogen and oxygen atoms in total. The summed E-state index contributed by atoms with van der Waals surface area (Å²) >= 11 is 0. The third-order valence-corrected chi connectivity index (χ3v) is 2.73. The summed E-state index contributed by atoms with van der Waals surface area (Å²) in [6.07, 6.45) is 3.40. The summed E-state index contributed by atoms with van der Waals surface area (Å²) < 4.78 is 5.25. The van der Waals surface area contributed by atoms with E-state index in [0.717, 1.165) is 19.3 Å². The van der Waals surface area contributed by atoms with Crippen LogP contribution >= 0.6 is 0 Å². The average Bonchev–Trinajstić information content (AvgIpc) is 2.16. The number of Topliss-reactive ketones (excluding diaryl/α,β-unsaturated/α-hetero) is 1. The molecule has 0 amide bonds. The quantitative estimate of drug-likeness (QED) is 0.652. The minimum Gasteiger partial charge on any atom is -0.462 e. The van der Waals surface area contributed by atoms with Gasteiger partial charge in [0.1, 0.15) is 11.9 Å². The van der Waals surface area contributed by atoms with Crippen LogP contribution in [0.4, 0.5) is 0 Å². The van der Waals surface area contributed by atoms with Crippen LogP contribution in [0.25, 0.3) is 0 Å². The molecule has 80 valence electrons. The van der Waals surface area contributed by atoms with E-state index < -0.39 is 0 Å². The van der Waals surface area contributed by atoms with Gasteiger partial charge in [-0.1, -0.05) is 13.8 Å². The number of hydrogen-bond acceptors (Lipinski definition) is 3.